The molecule has 0 bridgehead atoms. The maximum absolute atomic E-state index is 13.1. The van der Waals surface area contributed by atoms with Crippen molar-refractivity contribution in [1.82, 2.24) is 0 Å². The highest BCUT2D eigenvalue weighted by Gasteiger charge is 2.38. The highest BCUT2D eigenvalue weighted by molar-refractivity contribution is 5.59. The summed E-state index contributed by atoms with van der Waals surface area (Å²) in [4.78, 5) is 1.80. The Kier molecular flexibility index (Phi) is 2.41. The number of hydrogen-bond acceptors (Lipinski definition) is 1. The molecule has 3 heteroatoms. The Bertz CT molecular complexity index is 354. The molecule has 0 saturated carbocycles. The van der Waals surface area contributed by atoms with Crippen LogP contribution in [0, 0.1) is 13.8 Å². The predicted octanol–water partition coefficient (Wildman–Crippen LogP) is 3.15. The summed E-state index contributed by atoms with van der Waals surface area (Å²) in [6.07, 6.45) is -0.0270. The van der Waals surface area contributed by atoms with Crippen molar-refractivity contribution in [2.75, 3.05) is 18.0 Å². The van der Waals surface area contributed by atoms with Gasteiger partial charge in [0.15, 0.2) is 0 Å². The SMILES string of the molecule is Cc1cccc(C)c1N1CCC(F)(F)C1. The van der Waals surface area contributed by atoms with Crippen LogP contribution in [0.5, 0.6) is 0 Å². The fourth-order valence-corrected chi connectivity index (χ4v) is 2.23. The van der Waals surface area contributed by atoms with E-state index >= 15 is 0 Å². The van der Waals surface area contributed by atoms with Crippen LogP contribution in [0.25, 0.3) is 0 Å². The molecule has 0 radical (unpaired) electrons. The molecule has 0 aromatic heterocycles. The number of para-hydroxylation sites is 1. The normalized spacial score (nSPS) is 19.6. The van der Waals surface area contributed by atoms with E-state index in [1.165, 1.54) is 0 Å². The number of aryl methyl sites for hydroxylation is 2. The van der Waals surface area contributed by atoms with Crippen molar-refractivity contribution in [3.05, 3.63) is 29.3 Å². The molecule has 1 heterocycles. The monoisotopic (exact) mass is 211 g/mol. The van der Waals surface area contributed by atoms with E-state index in [-0.39, 0.29) is 13.0 Å². The van der Waals surface area contributed by atoms with Gasteiger partial charge in [0.25, 0.3) is 5.92 Å². The molecule has 1 saturated heterocycles. The van der Waals surface area contributed by atoms with Crippen LogP contribution >= 0.6 is 0 Å². The second kappa shape index (κ2) is 3.47. The van der Waals surface area contributed by atoms with Crippen molar-refractivity contribution in [2.24, 2.45) is 0 Å². The summed E-state index contributed by atoms with van der Waals surface area (Å²) in [7, 11) is 0. The summed E-state index contributed by atoms with van der Waals surface area (Å²) in [6.45, 7) is 4.26. The molecule has 1 fully saturated rings. The summed E-state index contributed by atoms with van der Waals surface area (Å²) in [5.74, 6) is -2.52. The lowest BCUT2D eigenvalue weighted by molar-refractivity contribution is 0.0257. The number of halogens is 2. The smallest absolute Gasteiger partial charge is 0.266 e. The largest absolute Gasteiger partial charge is 0.365 e. The molecule has 0 spiro atoms. The Balaban J connectivity index is 2.31. The van der Waals surface area contributed by atoms with Gasteiger partial charge in [0.05, 0.1) is 6.54 Å². The van der Waals surface area contributed by atoms with Crippen molar-refractivity contribution < 1.29 is 8.78 Å². The third kappa shape index (κ3) is 1.96. The van der Waals surface area contributed by atoms with Crippen molar-refractivity contribution in [1.29, 1.82) is 0 Å². The van der Waals surface area contributed by atoms with Gasteiger partial charge in [-0.2, -0.15) is 0 Å². The molecule has 1 aliphatic rings. The van der Waals surface area contributed by atoms with E-state index in [9.17, 15) is 8.78 Å². The first-order valence-electron chi connectivity index (χ1n) is 5.19. The Morgan fingerprint density at radius 3 is 2.27 bits per heavy atom. The summed E-state index contributed by atoms with van der Waals surface area (Å²) in [5.41, 5.74) is 3.13. The zero-order valence-corrected chi connectivity index (χ0v) is 9.06. The molecular formula is C12H15F2N. The van der Waals surface area contributed by atoms with Crippen LogP contribution in [0.3, 0.4) is 0 Å². The fourth-order valence-electron chi connectivity index (χ4n) is 2.23. The second-order valence-electron chi connectivity index (χ2n) is 4.27. The quantitative estimate of drug-likeness (QED) is 0.689. The zero-order chi connectivity index (χ0) is 11.1. The van der Waals surface area contributed by atoms with Crippen LogP contribution < -0.4 is 4.90 Å². The van der Waals surface area contributed by atoms with Crippen LogP contribution in [0.15, 0.2) is 18.2 Å². The molecule has 0 N–H and O–H groups in total. The third-order valence-electron chi connectivity index (χ3n) is 2.93. The lowest BCUT2D eigenvalue weighted by atomic mass is 10.1. The number of nitrogens with zero attached hydrogens (tertiary/aromatic N) is 1. The van der Waals surface area contributed by atoms with Gasteiger partial charge in [-0.1, -0.05) is 18.2 Å². The maximum atomic E-state index is 13.1. The van der Waals surface area contributed by atoms with Gasteiger partial charge in [-0.15, -0.1) is 0 Å². The van der Waals surface area contributed by atoms with Gasteiger partial charge in [-0.25, -0.2) is 8.78 Å². The van der Waals surface area contributed by atoms with Gasteiger partial charge in [0.2, 0.25) is 0 Å². The minimum atomic E-state index is -2.52. The molecule has 1 aromatic rings. The maximum Gasteiger partial charge on any atom is 0.266 e. The van der Waals surface area contributed by atoms with Crippen LogP contribution in [-0.2, 0) is 0 Å². The lowest BCUT2D eigenvalue weighted by Gasteiger charge is -2.22. The van der Waals surface area contributed by atoms with Gasteiger partial charge in [-0.3, -0.25) is 0 Å². The number of benzene rings is 1. The summed E-state index contributed by atoms with van der Waals surface area (Å²) in [6, 6.07) is 5.90. The predicted molar refractivity (Wildman–Crippen MR) is 57.7 cm³/mol. The van der Waals surface area contributed by atoms with E-state index < -0.39 is 5.92 Å². The summed E-state index contributed by atoms with van der Waals surface area (Å²) < 4.78 is 26.2. The highest BCUT2D eigenvalue weighted by atomic mass is 19.3. The van der Waals surface area contributed by atoms with Crippen molar-refractivity contribution in [2.45, 2.75) is 26.2 Å². The molecule has 1 nitrogen and oxygen atoms in total. The summed E-state index contributed by atoms with van der Waals surface area (Å²) in [5, 5.41) is 0. The molecular weight excluding hydrogens is 196 g/mol. The molecule has 0 amide bonds. The minimum absolute atomic E-state index is 0.0270. The first kappa shape index (κ1) is 10.4. The van der Waals surface area contributed by atoms with E-state index in [2.05, 4.69) is 0 Å². The van der Waals surface area contributed by atoms with E-state index in [4.69, 9.17) is 0 Å². The standard InChI is InChI=1S/C12H15F2N/c1-9-4-3-5-10(2)11(9)15-7-6-12(13,14)8-15/h3-5H,6-8H2,1-2H3. The number of alkyl halides is 2. The molecule has 2 rings (SSSR count). The molecule has 0 atom stereocenters. The number of rotatable bonds is 1. The highest BCUT2D eigenvalue weighted by Crippen LogP contribution is 2.34. The van der Waals surface area contributed by atoms with Crippen LogP contribution in [0.4, 0.5) is 14.5 Å². The number of anilines is 1. The van der Waals surface area contributed by atoms with Crippen LogP contribution in [-0.4, -0.2) is 19.0 Å². The van der Waals surface area contributed by atoms with Gasteiger partial charge >= 0.3 is 0 Å². The average Bonchev–Trinajstić information content (AvgIpc) is 2.46. The lowest BCUT2D eigenvalue weighted by Crippen LogP contribution is -2.26. The molecule has 1 aliphatic heterocycles. The van der Waals surface area contributed by atoms with E-state index in [0.717, 1.165) is 16.8 Å². The van der Waals surface area contributed by atoms with E-state index in [0.29, 0.717) is 6.54 Å². The Morgan fingerprint density at radius 2 is 1.80 bits per heavy atom. The van der Waals surface area contributed by atoms with Gasteiger partial charge in [-0.05, 0) is 25.0 Å². The van der Waals surface area contributed by atoms with Crippen molar-refractivity contribution in [3.63, 3.8) is 0 Å². The average molecular weight is 211 g/mol. The Hall–Kier alpha value is -1.12. The molecule has 82 valence electrons. The minimum Gasteiger partial charge on any atom is -0.365 e. The molecule has 1 aromatic carbocycles. The first-order chi connectivity index (χ1) is 6.99. The van der Waals surface area contributed by atoms with Crippen LogP contribution in [0.2, 0.25) is 0 Å². The first-order valence-corrected chi connectivity index (χ1v) is 5.19. The molecule has 0 unspecified atom stereocenters. The summed E-state index contributed by atoms with van der Waals surface area (Å²) >= 11 is 0. The fraction of sp³-hybridized carbons (Fsp3) is 0.500. The molecule has 0 aliphatic carbocycles. The Morgan fingerprint density at radius 1 is 1.20 bits per heavy atom. The van der Waals surface area contributed by atoms with E-state index in [1.54, 1.807) is 4.90 Å². The molecule has 15 heavy (non-hydrogen) atoms. The van der Waals surface area contributed by atoms with Gasteiger partial charge in [0.1, 0.15) is 0 Å². The number of hydrogen-bond donors (Lipinski definition) is 0. The van der Waals surface area contributed by atoms with Crippen molar-refractivity contribution >= 4 is 5.69 Å². The zero-order valence-electron chi connectivity index (χ0n) is 9.06. The Labute approximate surface area is 88.7 Å². The van der Waals surface area contributed by atoms with Crippen LogP contribution in [0.1, 0.15) is 17.5 Å². The topological polar surface area (TPSA) is 3.24 Å². The second-order valence-corrected chi connectivity index (χ2v) is 4.27. The third-order valence-corrected chi connectivity index (χ3v) is 2.93. The van der Waals surface area contributed by atoms with Gasteiger partial charge < -0.3 is 4.90 Å². The van der Waals surface area contributed by atoms with Gasteiger partial charge in [0, 0.05) is 18.7 Å². The van der Waals surface area contributed by atoms with Crippen molar-refractivity contribution in [3.8, 4) is 0 Å². The van der Waals surface area contributed by atoms with E-state index in [1.807, 2.05) is 32.0 Å².